The number of nitrogens with zero attached hydrogens (tertiary/aromatic N) is 3. The zero-order valence-corrected chi connectivity index (χ0v) is 13.6. The SMILES string of the molecule is Cc1oc2c(N3CCN(c4ccccn4)CC3)cccc2c1C. The van der Waals surface area contributed by atoms with Gasteiger partial charge in [0.05, 0.1) is 5.69 Å². The minimum atomic E-state index is 0.978. The number of piperazine rings is 1. The van der Waals surface area contributed by atoms with Crippen LogP contribution in [-0.2, 0) is 0 Å². The van der Waals surface area contributed by atoms with Crippen molar-refractivity contribution in [1.82, 2.24) is 4.98 Å². The number of aryl methyl sites for hydroxylation is 2. The van der Waals surface area contributed by atoms with Crippen molar-refractivity contribution in [3.8, 4) is 0 Å². The monoisotopic (exact) mass is 307 g/mol. The van der Waals surface area contributed by atoms with E-state index in [-0.39, 0.29) is 0 Å². The maximum Gasteiger partial charge on any atom is 0.157 e. The van der Waals surface area contributed by atoms with Crippen molar-refractivity contribution in [1.29, 1.82) is 0 Å². The highest BCUT2D eigenvalue weighted by molar-refractivity contribution is 5.92. The first-order valence-electron chi connectivity index (χ1n) is 8.13. The van der Waals surface area contributed by atoms with Gasteiger partial charge in [0, 0.05) is 37.8 Å². The molecular weight excluding hydrogens is 286 g/mol. The van der Waals surface area contributed by atoms with Crippen molar-refractivity contribution >= 4 is 22.5 Å². The number of benzene rings is 1. The van der Waals surface area contributed by atoms with Crippen molar-refractivity contribution in [2.24, 2.45) is 0 Å². The number of anilines is 2. The molecule has 1 saturated heterocycles. The Kier molecular flexibility index (Phi) is 3.45. The predicted octanol–water partition coefficient (Wildman–Crippen LogP) is 3.77. The number of hydrogen-bond donors (Lipinski definition) is 0. The van der Waals surface area contributed by atoms with Gasteiger partial charge in [0.1, 0.15) is 11.6 Å². The Morgan fingerprint density at radius 1 is 0.913 bits per heavy atom. The third kappa shape index (κ3) is 2.44. The molecule has 0 bridgehead atoms. The Labute approximate surface area is 136 Å². The molecule has 23 heavy (non-hydrogen) atoms. The van der Waals surface area contributed by atoms with E-state index >= 15 is 0 Å². The second kappa shape index (κ2) is 5.61. The summed E-state index contributed by atoms with van der Waals surface area (Å²) >= 11 is 0. The maximum atomic E-state index is 6.03. The Hall–Kier alpha value is -2.49. The lowest BCUT2D eigenvalue weighted by atomic mass is 10.1. The summed E-state index contributed by atoms with van der Waals surface area (Å²) in [4.78, 5) is 9.22. The summed E-state index contributed by atoms with van der Waals surface area (Å²) in [7, 11) is 0. The van der Waals surface area contributed by atoms with Crippen LogP contribution in [-0.4, -0.2) is 31.2 Å². The second-order valence-corrected chi connectivity index (χ2v) is 6.10. The van der Waals surface area contributed by atoms with Crippen LogP contribution in [0.3, 0.4) is 0 Å². The van der Waals surface area contributed by atoms with Gasteiger partial charge in [-0.25, -0.2) is 4.98 Å². The van der Waals surface area contributed by atoms with Crippen LogP contribution in [0.25, 0.3) is 11.0 Å². The van der Waals surface area contributed by atoms with Crippen LogP contribution in [0.1, 0.15) is 11.3 Å². The van der Waals surface area contributed by atoms with Crippen molar-refractivity contribution < 1.29 is 4.42 Å². The van der Waals surface area contributed by atoms with Gasteiger partial charge in [0.15, 0.2) is 5.58 Å². The van der Waals surface area contributed by atoms with Crippen LogP contribution >= 0.6 is 0 Å². The van der Waals surface area contributed by atoms with Gasteiger partial charge in [-0.05, 0) is 37.6 Å². The van der Waals surface area contributed by atoms with Crippen LogP contribution in [0.5, 0.6) is 0 Å². The third-order valence-electron chi connectivity index (χ3n) is 4.78. The van der Waals surface area contributed by atoms with Crippen LogP contribution < -0.4 is 9.80 Å². The van der Waals surface area contributed by atoms with Crippen molar-refractivity contribution in [2.45, 2.75) is 13.8 Å². The molecule has 0 atom stereocenters. The van der Waals surface area contributed by atoms with E-state index < -0.39 is 0 Å². The van der Waals surface area contributed by atoms with Gasteiger partial charge >= 0.3 is 0 Å². The lowest BCUT2D eigenvalue weighted by Crippen LogP contribution is -2.46. The molecule has 0 spiro atoms. The van der Waals surface area contributed by atoms with E-state index in [1.807, 2.05) is 25.3 Å². The highest BCUT2D eigenvalue weighted by Crippen LogP contribution is 2.33. The summed E-state index contributed by atoms with van der Waals surface area (Å²) in [5.74, 6) is 2.08. The van der Waals surface area contributed by atoms with Crippen molar-refractivity contribution in [3.05, 3.63) is 53.9 Å². The van der Waals surface area contributed by atoms with Crippen LogP contribution in [0, 0.1) is 13.8 Å². The topological polar surface area (TPSA) is 32.5 Å². The van der Waals surface area contributed by atoms with E-state index in [0.29, 0.717) is 0 Å². The minimum Gasteiger partial charge on any atom is -0.459 e. The number of hydrogen-bond acceptors (Lipinski definition) is 4. The molecule has 4 heteroatoms. The van der Waals surface area contributed by atoms with Gasteiger partial charge in [-0.1, -0.05) is 18.2 Å². The number of para-hydroxylation sites is 1. The molecule has 1 aromatic carbocycles. The lowest BCUT2D eigenvalue weighted by molar-refractivity contribution is 0.570. The highest BCUT2D eigenvalue weighted by Gasteiger charge is 2.21. The molecule has 3 heterocycles. The molecule has 0 aliphatic carbocycles. The number of aromatic nitrogens is 1. The molecule has 2 aromatic heterocycles. The predicted molar refractivity (Wildman–Crippen MR) is 94.4 cm³/mol. The molecule has 1 aliphatic rings. The van der Waals surface area contributed by atoms with E-state index in [9.17, 15) is 0 Å². The largest absolute Gasteiger partial charge is 0.459 e. The average molecular weight is 307 g/mol. The van der Waals surface area contributed by atoms with Gasteiger partial charge < -0.3 is 14.2 Å². The molecule has 118 valence electrons. The molecule has 4 nitrogen and oxygen atoms in total. The first-order chi connectivity index (χ1) is 11.2. The van der Waals surface area contributed by atoms with Crippen LogP contribution in [0.15, 0.2) is 47.0 Å². The quantitative estimate of drug-likeness (QED) is 0.721. The molecule has 0 radical (unpaired) electrons. The fourth-order valence-electron chi connectivity index (χ4n) is 3.31. The fourth-order valence-corrected chi connectivity index (χ4v) is 3.31. The smallest absolute Gasteiger partial charge is 0.157 e. The molecule has 0 amide bonds. The number of furan rings is 1. The Bertz CT molecular complexity index is 817. The molecule has 3 aromatic rings. The van der Waals surface area contributed by atoms with E-state index in [4.69, 9.17) is 4.42 Å². The van der Waals surface area contributed by atoms with Crippen molar-refractivity contribution in [3.63, 3.8) is 0 Å². The fraction of sp³-hybridized carbons (Fsp3) is 0.316. The van der Waals surface area contributed by atoms with E-state index in [0.717, 1.165) is 43.3 Å². The Morgan fingerprint density at radius 2 is 1.70 bits per heavy atom. The van der Waals surface area contributed by atoms with Crippen molar-refractivity contribution in [2.75, 3.05) is 36.0 Å². The van der Waals surface area contributed by atoms with Gasteiger partial charge in [-0.15, -0.1) is 0 Å². The second-order valence-electron chi connectivity index (χ2n) is 6.10. The zero-order valence-electron chi connectivity index (χ0n) is 13.6. The van der Waals surface area contributed by atoms with Crippen LogP contribution in [0.2, 0.25) is 0 Å². The minimum absolute atomic E-state index is 0.978. The van der Waals surface area contributed by atoms with Gasteiger partial charge in [0.2, 0.25) is 0 Å². The van der Waals surface area contributed by atoms with Gasteiger partial charge in [0.25, 0.3) is 0 Å². The van der Waals surface area contributed by atoms with Gasteiger partial charge in [-0.3, -0.25) is 0 Å². The van der Waals surface area contributed by atoms with E-state index in [1.165, 1.54) is 16.6 Å². The average Bonchev–Trinajstić information content (AvgIpc) is 2.91. The van der Waals surface area contributed by atoms with Crippen LogP contribution in [0.4, 0.5) is 11.5 Å². The lowest BCUT2D eigenvalue weighted by Gasteiger charge is -2.36. The number of rotatable bonds is 2. The molecular formula is C19H21N3O. The highest BCUT2D eigenvalue weighted by atomic mass is 16.3. The summed E-state index contributed by atoms with van der Waals surface area (Å²) in [5.41, 5.74) is 3.47. The summed E-state index contributed by atoms with van der Waals surface area (Å²) in [5, 5.41) is 1.23. The molecule has 0 N–H and O–H groups in total. The maximum absolute atomic E-state index is 6.03. The molecule has 0 unspecified atom stereocenters. The third-order valence-corrected chi connectivity index (χ3v) is 4.78. The summed E-state index contributed by atoms with van der Waals surface area (Å²) in [6.45, 7) is 8.09. The Morgan fingerprint density at radius 3 is 2.43 bits per heavy atom. The zero-order chi connectivity index (χ0) is 15.8. The number of fused-ring (bicyclic) bond motifs is 1. The summed E-state index contributed by atoms with van der Waals surface area (Å²) in [6.07, 6.45) is 1.86. The first kappa shape index (κ1) is 14.1. The standard InChI is InChI=1S/C19H21N3O/c1-14-15(2)23-19-16(14)6-5-7-17(19)21-10-12-22(13-11-21)18-8-3-4-9-20-18/h3-9H,10-13H2,1-2H3. The molecule has 1 aliphatic heterocycles. The van der Waals surface area contributed by atoms with Gasteiger partial charge in [-0.2, -0.15) is 0 Å². The molecule has 0 saturated carbocycles. The Balaban J connectivity index is 1.58. The molecule has 4 rings (SSSR count). The van der Waals surface area contributed by atoms with E-state index in [2.05, 4.69) is 46.0 Å². The summed E-state index contributed by atoms with van der Waals surface area (Å²) < 4.78 is 6.03. The molecule has 1 fully saturated rings. The number of pyridine rings is 1. The summed E-state index contributed by atoms with van der Waals surface area (Å²) in [6, 6.07) is 12.5. The normalized spacial score (nSPS) is 15.4. The van der Waals surface area contributed by atoms with E-state index in [1.54, 1.807) is 0 Å². The first-order valence-corrected chi connectivity index (χ1v) is 8.13.